The van der Waals surface area contributed by atoms with E-state index in [0.717, 1.165) is 0 Å². The summed E-state index contributed by atoms with van der Waals surface area (Å²) < 4.78 is 84.7. The van der Waals surface area contributed by atoms with Gasteiger partial charge in [0.05, 0.1) is 30.4 Å². The van der Waals surface area contributed by atoms with Crippen LogP contribution >= 0.6 is 11.6 Å². The van der Waals surface area contributed by atoms with E-state index < -0.39 is 60.4 Å². The van der Waals surface area contributed by atoms with Crippen LogP contribution in [0, 0.1) is 0 Å². The van der Waals surface area contributed by atoms with E-state index in [9.17, 15) is 0 Å². The molecule has 0 bridgehead atoms. The van der Waals surface area contributed by atoms with Gasteiger partial charge in [-0.3, -0.25) is 4.57 Å². The van der Waals surface area contributed by atoms with E-state index in [4.69, 9.17) is 25.3 Å². The predicted molar refractivity (Wildman–Crippen MR) is 117 cm³/mol. The summed E-state index contributed by atoms with van der Waals surface area (Å²) in [6.45, 7) is 0. The Morgan fingerprint density at radius 3 is 1.96 bits per heavy atom. The first kappa shape index (κ1) is 9.22. The van der Waals surface area contributed by atoms with Gasteiger partial charge in [-0.1, -0.05) is 84.2 Å². The third kappa shape index (κ3) is 2.88. The van der Waals surface area contributed by atoms with Crippen LogP contribution in [0.25, 0.3) is 39.0 Å². The molecule has 0 fully saturated rings. The predicted octanol–water partition coefficient (Wildman–Crippen LogP) is 7.01. The van der Waals surface area contributed by atoms with Crippen molar-refractivity contribution in [2.45, 2.75) is 0 Å². The van der Waals surface area contributed by atoms with Gasteiger partial charge >= 0.3 is 0 Å². The minimum atomic E-state index is -0.564. The lowest BCUT2D eigenvalue weighted by atomic mass is 9.95. The van der Waals surface area contributed by atoms with Gasteiger partial charge in [0, 0.05) is 16.1 Å². The zero-order chi connectivity index (χ0) is 27.6. The molecule has 4 aromatic carbocycles. The molecule has 0 aliphatic carbocycles. The summed E-state index contributed by atoms with van der Waals surface area (Å²) in [5.74, 6) is 0. The summed E-state index contributed by atoms with van der Waals surface area (Å²) in [7, 11) is 0. The van der Waals surface area contributed by atoms with Crippen LogP contribution in [0.1, 0.15) is 13.7 Å². The number of rotatable bonds is 3. The molecule has 0 aliphatic heterocycles. The number of imidazole rings is 1. The fraction of sp³-hybridized carbons (Fsp3) is 0. The highest BCUT2D eigenvalue weighted by Crippen LogP contribution is 2.39. The summed E-state index contributed by atoms with van der Waals surface area (Å²) in [4.78, 5) is 4.41. The molecule has 134 valence electrons. The average Bonchev–Trinajstić information content (AvgIpc) is 3.32. The molecular formula is C25H17ClN2. The monoisotopic (exact) mass is 390 g/mol. The Morgan fingerprint density at radius 2 is 1.36 bits per heavy atom. The second-order valence-corrected chi connectivity index (χ2v) is 6.39. The van der Waals surface area contributed by atoms with Gasteiger partial charge in [-0.05, 0) is 35.4 Å². The first-order valence-corrected chi connectivity index (χ1v) is 8.74. The molecule has 0 saturated carbocycles. The van der Waals surface area contributed by atoms with Crippen LogP contribution in [0.3, 0.4) is 0 Å². The van der Waals surface area contributed by atoms with E-state index in [1.165, 1.54) is 18.5 Å². The van der Waals surface area contributed by atoms with Gasteiger partial charge in [-0.25, -0.2) is 4.98 Å². The van der Waals surface area contributed by atoms with E-state index in [0.29, 0.717) is 11.0 Å². The molecule has 0 saturated heterocycles. The summed E-state index contributed by atoms with van der Waals surface area (Å²) in [5, 5.41) is 0.0711. The Bertz CT molecular complexity index is 1650. The Labute approximate surface area is 182 Å². The number of aromatic nitrogens is 2. The highest BCUT2D eigenvalue weighted by molar-refractivity contribution is 6.31. The number of fused-ring (bicyclic) bond motifs is 1. The fourth-order valence-electron chi connectivity index (χ4n) is 3.15. The molecule has 28 heavy (non-hydrogen) atoms. The van der Waals surface area contributed by atoms with Gasteiger partial charge in [0.25, 0.3) is 0 Å². The molecule has 0 aliphatic rings. The third-order valence-corrected chi connectivity index (χ3v) is 4.53. The zero-order valence-electron chi connectivity index (χ0n) is 24.3. The van der Waals surface area contributed by atoms with Crippen molar-refractivity contribution < 1.29 is 13.7 Å². The quantitative estimate of drug-likeness (QED) is 0.324. The summed E-state index contributed by atoms with van der Waals surface area (Å²) in [5.41, 5.74) is 1.28. The minimum Gasteiger partial charge on any atom is -0.298 e. The molecule has 0 unspecified atom stereocenters. The molecule has 1 aromatic heterocycles. The van der Waals surface area contributed by atoms with Crippen LogP contribution in [0.15, 0.2) is 103 Å². The van der Waals surface area contributed by atoms with Crippen molar-refractivity contribution in [3.05, 3.63) is 108 Å². The van der Waals surface area contributed by atoms with Crippen molar-refractivity contribution in [2.24, 2.45) is 0 Å². The first-order valence-electron chi connectivity index (χ1n) is 13.4. The van der Waals surface area contributed by atoms with Gasteiger partial charge in [0.1, 0.15) is 6.33 Å². The van der Waals surface area contributed by atoms with Crippen LogP contribution < -0.4 is 0 Å². The van der Waals surface area contributed by atoms with Gasteiger partial charge in [-0.15, -0.1) is 0 Å². The summed E-state index contributed by atoms with van der Waals surface area (Å²) >= 11 is 6.50. The highest BCUT2D eigenvalue weighted by Gasteiger charge is 2.17. The number of nitrogens with zero attached hydrogens (tertiary/aromatic N) is 2. The van der Waals surface area contributed by atoms with Crippen LogP contribution in [0.5, 0.6) is 0 Å². The van der Waals surface area contributed by atoms with Crippen molar-refractivity contribution in [1.82, 2.24) is 9.55 Å². The summed E-state index contributed by atoms with van der Waals surface area (Å²) in [6.07, 6.45) is 1.46. The molecule has 2 nitrogen and oxygen atoms in total. The van der Waals surface area contributed by atoms with Gasteiger partial charge < -0.3 is 0 Å². The fourth-order valence-corrected chi connectivity index (χ4v) is 3.36. The summed E-state index contributed by atoms with van der Waals surface area (Å²) in [6, 6.07) is 4.70. The van der Waals surface area contributed by atoms with E-state index >= 15 is 0 Å². The van der Waals surface area contributed by atoms with Gasteiger partial charge in [0.2, 0.25) is 0 Å². The minimum absolute atomic E-state index is 0.0711. The van der Waals surface area contributed by atoms with Crippen molar-refractivity contribution in [3.8, 4) is 27.9 Å². The standard InChI is InChI=1S/C25H17ClN2/c26-20-15-21(18-9-3-1-4-10-18)25(22(16-20)19-11-5-2-6-12-19)28-17-27-23-13-7-8-14-24(23)28/h1-17H/i1D,2D,3D,4D,5D,6D,9D,10D,11D,12D. The van der Waals surface area contributed by atoms with Gasteiger partial charge in [-0.2, -0.15) is 0 Å². The maximum atomic E-state index is 8.58. The molecule has 0 radical (unpaired) electrons. The van der Waals surface area contributed by atoms with E-state index in [1.54, 1.807) is 28.8 Å². The smallest absolute Gasteiger partial charge is 0.100 e. The van der Waals surface area contributed by atoms with Crippen LogP contribution in [-0.4, -0.2) is 9.55 Å². The van der Waals surface area contributed by atoms with Crippen LogP contribution in [-0.2, 0) is 0 Å². The number of hydrogen-bond donors (Lipinski definition) is 0. The molecular weight excluding hydrogens is 364 g/mol. The van der Waals surface area contributed by atoms with Crippen molar-refractivity contribution >= 4 is 22.6 Å². The van der Waals surface area contributed by atoms with Crippen LogP contribution in [0.4, 0.5) is 0 Å². The lowest BCUT2D eigenvalue weighted by Gasteiger charge is -2.18. The zero-order valence-corrected chi connectivity index (χ0v) is 15.1. The lowest BCUT2D eigenvalue weighted by molar-refractivity contribution is 1.10. The van der Waals surface area contributed by atoms with Gasteiger partial charge in [0.15, 0.2) is 0 Å². The van der Waals surface area contributed by atoms with E-state index in [1.807, 2.05) is 0 Å². The molecule has 3 heteroatoms. The lowest BCUT2D eigenvalue weighted by Crippen LogP contribution is -1.99. The largest absolute Gasteiger partial charge is 0.298 e. The van der Waals surface area contributed by atoms with E-state index in [2.05, 4.69) is 4.98 Å². The number of hydrogen-bond acceptors (Lipinski definition) is 1. The Balaban J connectivity index is 2.04. The highest BCUT2D eigenvalue weighted by atomic mass is 35.5. The molecule has 1 heterocycles. The molecule has 0 atom stereocenters. The maximum Gasteiger partial charge on any atom is 0.100 e. The Kier molecular flexibility index (Phi) is 2.30. The number of halogens is 1. The average molecular weight is 391 g/mol. The molecule has 0 amide bonds. The van der Waals surface area contributed by atoms with Crippen molar-refractivity contribution in [3.63, 3.8) is 0 Å². The first-order chi connectivity index (χ1) is 18.0. The van der Waals surface area contributed by atoms with Crippen molar-refractivity contribution in [1.29, 1.82) is 0 Å². The molecule has 0 N–H and O–H groups in total. The number of para-hydroxylation sites is 2. The normalized spacial score (nSPS) is 16.0. The van der Waals surface area contributed by atoms with Crippen LogP contribution in [0.2, 0.25) is 5.02 Å². The van der Waals surface area contributed by atoms with E-state index in [-0.39, 0.29) is 33.0 Å². The SMILES string of the molecule is [2H]c1c([2H])c([2H])c(-c2cc(Cl)cc(-c3c([2H])c([2H])c([2H])c([2H])c3[2H])c2-n2cnc3ccccc32)c([2H])c1[2H]. The second kappa shape index (κ2) is 6.99. The third-order valence-electron chi connectivity index (χ3n) is 4.31. The number of benzene rings is 4. The Hall–Kier alpha value is -3.36. The molecule has 5 rings (SSSR count). The second-order valence-electron chi connectivity index (χ2n) is 5.95. The van der Waals surface area contributed by atoms with Crippen molar-refractivity contribution in [2.75, 3.05) is 0 Å². The Morgan fingerprint density at radius 1 is 0.786 bits per heavy atom. The topological polar surface area (TPSA) is 17.8 Å². The molecule has 5 aromatic rings. The maximum absolute atomic E-state index is 8.58. The molecule has 0 spiro atoms.